The highest BCUT2D eigenvalue weighted by molar-refractivity contribution is 5.89. The van der Waals surface area contributed by atoms with Crippen LogP contribution < -0.4 is 0 Å². The van der Waals surface area contributed by atoms with Gasteiger partial charge in [0.1, 0.15) is 12.2 Å². The third-order valence-electron chi connectivity index (χ3n) is 4.67. The molecule has 0 fully saturated rings. The fraction of sp³-hybridized carbons (Fsp3) is 0.211. The van der Waals surface area contributed by atoms with E-state index in [2.05, 4.69) is 0 Å². The molecule has 2 aromatic carbocycles. The van der Waals surface area contributed by atoms with Gasteiger partial charge >= 0.3 is 0 Å². The van der Waals surface area contributed by atoms with E-state index in [1.807, 2.05) is 49.4 Å². The number of aliphatic hydroxyl groups is 3. The first-order chi connectivity index (χ1) is 11.1. The Morgan fingerprint density at radius 3 is 2.61 bits per heavy atom. The highest BCUT2D eigenvalue weighted by Gasteiger charge is 2.33. The van der Waals surface area contributed by atoms with Gasteiger partial charge in [-0.2, -0.15) is 0 Å². The number of fused-ring (bicyclic) bond motifs is 4. The third-order valence-corrected chi connectivity index (χ3v) is 4.67. The minimum atomic E-state index is -1.01. The topological polar surface area (TPSA) is 73.6 Å². The van der Waals surface area contributed by atoms with Gasteiger partial charge in [-0.25, -0.2) is 4.98 Å². The van der Waals surface area contributed by atoms with Gasteiger partial charge in [0, 0.05) is 16.5 Å². The second-order valence-electron chi connectivity index (χ2n) is 5.99. The van der Waals surface area contributed by atoms with Crippen LogP contribution in [-0.2, 0) is 6.61 Å². The summed E-state index contributed by atoms with van der Waals surface area (Å²) in [6.07, 6.45) is -1.97. The van der Waals surface area contributed by atoms with E-state index in [-0.39, 0.29) is 6.61 Å². The van der Waals surface area contributed by atoms with Crippen molar-refractivity contribution in [3.8, 4) is 11.3 Å². The van der Waals surface area contributed by atoms with E-state index < -0.39 is 12.2 Å². The predicted molar refractivity (Wildman–Crippen MR) is 87.8 cm³/mol. The number of nitrogens with zero attached hydrogens (tertiary/aromatic N) is 1. The van der Waals surface area contributed by atoms with Crippen LogP contribution in [0.1, 0.15) is 34.5 Å². The van der Waals surface area contributed by atoms with E-state index in [1.54, 1.807) is 0 Å². The van der Waals surface area contributed by atoms with E-state index in [9.17, 15) is 15.3 Å². The molecule has 2 unspecified atom stereocenters. The maximum absolute atomic E-state index is 10.6. The van der Waals surface area contributed by atoms with Gasteiger partial charge in [0.05, 0.1) is 17.8 Å². The third kappa shape index (κ3) is 2.00. The number of hydrogen-bond acceptors (Lipinski definition) is 4. The first-order valence-electron chi connectivity index (χ1n) is 7.61. The van der Waals surface area contributed by atoms with Crippen LogP contribution in [0.2, 0.25) is 0 Å². The Labute approximate surface area is 133 Å². The normalized spacial score (nSPS) is 19.5. The van der Waals surface area contributed by atoms with Crippen molar-refractivity contribution in [1.82, 2.24) is 4.98 Å². The molecule has 1 aromatic heterocycles. The van der Waals surface area contributed by atoms with Gasteiger partial charge in [-0.05, 0) is 35.7 Å². The second kappa shape index (κ2) is 5.13. The van der Waals surface area contributed by atoms with Crippen LogP contribution in [0.5, 0.6) is 0 Å². The molecule has 0 saturated carbocycles. The maximum atomic E-state index is 10.6. The molecule has 0 saturated heterocycles. The number of aliphatic hydroxyl groups excluding tert-OH is 3. The smallest absolute Gasteiger partial charge is 0.111 e. The van der Waals surface area contributed by atoms with Crippen molar-refractivity contribution in [3.05, 3.63) is 64.7 Å². The lowest BCUT2D eigenvalue weighted by atomic mass is 9.82. The second-order valence-corrected chi connectivity index (χ2v) is 5.99. The molecule has 1 aliphatic rings. The van der Waals surface area contributed by atoms with Crippen molar-refractivity contribution in [2.24, 2.45) is 0 Å². The Morgan fingerprint density at radius 1 is 1.04 bits per heavy atom. The van der Waals surface area contributed by atoms with E-state index in [1.165, 1.54) is 0 Å². The van der Waals surface area contributed by atoms with Crippen LogP contribution in [0.3, 0.4) is 0 Å². The zero-order valence-electron chi connectivity index (χ0n) is 12.7. The fourth-order valence-electron chi connectivity index (χ4n) is 3.45. The highest BCUT2D eigenvalue weighted by atomic mass is 16.3. The Balaban J connectivity index is 2.09. The van der Waals surface area contributed by atoms with Crippen LogP contribution >= 0.6 is 0 Å². The van der Waals surface area contributed by atoms with E-state index in [4.69, 9.17) is 4.98 Å². The van der Waals surface area contributed by atoms with Gasteiger partial charge in [0.15, 0.2) is 0 Å². The molecular weight excluding hydrogens is 290 g/mol. The molecule has 0 bridgehead atoms. The van der Waals surface area contributed by atoms with Crippen molar-refractivity contribution < 1.29 is 15.3 Å². The average Bonchev–Trinajstić information content (AvgIpc) is 2.59. The summed E-state index contributed by atoms with van der Waals surface area (Å²) < 4.78 is 0. The first kappa shape index (κ1) is 14.3. The van der Waals surface area contributed by atoms with Crippen LogP contribution in [-0.4, -0.2) is 20.3 Å². The van der Waals surface area contributed by atoms with E-state index in [0.717, 1.165) is 33.3 Å². The lowest BCUT2D eigenvalue weighted by Gasteiger charge is -2.30. The lowest BCUT2D eigenvalue weighted by Crippen LogP contribution is -2.19. The van der Waals surface area contributed by atoms with E-state index in [0.29, 0.717) is 11.1 Å². The molecule has 0 radical (unpaired) electrons. The predicted octanol–water partition coefficient (Wildman–Crippen LogP) is 2.78. The van der Waals surface area contributed by atoms with Gasteiger partial charge in [-0.1, -0.05) is 30.3 Å². The first-order valence-corrected chi connectivity index (χ1v) is 7.61. The molecule has 4 heteroatoms. The molecule has 0 aliphatic heterocycles. The molecule has 4 rings (SSSR count). The van der Waals surface area contributed by atoms with Crippen molar-refractivity contribution >= 4 is 10.9 Å². The molecule has 23 heavy (non-hydrogen) atoms. The van der Waals surface area contributed by atoms with Crippen molar-refractivity contribution in [2.45, 2.75) is 25.7 Å². The molecule has 1 aliphatic carbocycles. The SMILES string of the molecule is Cc1c2c(nc3ccc(CO)cc13)-c1ccccc1C(O)C2O. The number of hydrogen-bond donors (Lipinski definition) is 3. The molecule has 3 aromatic rings. The monoisotopic (exact) mass is 307 g/mol. The maximum Gasteiger partial charge on any atom is 0.111 e. The summed E-state index contributed by atoms with van der Waals surface area (Å²) in [5, 5.41) is 31.3. The van der Waals surface area contributed by atoms with Gasteiger partial charge in [0.2, 0.25) is 0 Å². The number of aryl methyl sites for hydroxylation is 1. The van der Waals surface area contributed by atoms with Crippen LogP contribution in [0.4, 0.5) is 0 Å². The van der Waals surface area contributed by atoms with E-state index >= 15 is 0 Å². The van der Waals surface area contributed by atoms with Crippen molar-refractivity contribution in [1.29, 1.82) is 0 Å². The Hall–Kier alpha value is -2.27. The van der Waals surface area contributed by atoms with Crippen molar-refractivity contribution in [2.75, 3.05) is 0 Å². The summed E-state index contributed by atoms with van der Waals surface area (Å²) in [6, 6.07) is 13.1. The summed E-state index contributed by atoms with van der Waals surface area (Å²) in [5.74, 6) is 0. The Kier molecular flexibility index (Phi) is 3.20. The van der Waals surface area contributed by atoms with Gasteiger partial charge in [-0.15, -0.1) is 0 Å². The molecule has 3 N–H and O–H groups in total. The quantitative estimate of drug-likeness (QED) is 0.646. The Morgan fingerprint density at radius 2 is 1.83 bits per heavy atom. The van der Waals surface area contributed by atoms with Crippen LogP contribution in [0.25, 0.3) is 22.2 Å². The summed E-state index contributed by atoms with van der Waals surface area (Å²) >= 11 is 0. The lowest BCUT2D eigenvalue weighted by molar-refractivity contribution is 0.0152. The molecule has 0 spiro atoms. The van der Waals surface area contributed by atoms with Gasteiger partial charge in [0.25, 0.3) is 0 Å². The zero-order chi connectivity index (χ0) is 16.1. The molecule has 0 amide bonds. The zero-order valence-corrected chi connectivity index (χ0v) is 12.7. The Bertz CT molecular complexity index is 920. The fourth-order valence-corrected chi connectivity index (χ4v) is 3.45. The largest absolute Gasteiger partial charge is 0.392 e. The van der Waals surface area contributed by atoms with Crippen LogP contribution in [0, 0.1) is 6.92 Å². The van der Waals surface area contributed by atoms with Gasteiger partial charge < -0.3 is 15.3 Å². The number of aromatic nitrogens is 1. The summed E-state index contributed by atoms with van der Waals surface area (Å²) in [4.78, 5) is 4.73. The number of rotatable bonds is 1. The highest BCUT2D eigenvalue weighted by Crippen LogP contribution is 2.46. The minimum absolute atomic E-state index is 0.0412. The standard InChI is InChI=1S/C19H17NO3/c1-10-14-8-11(9-21)6-7-15(14)20-17-12-4-2-3-5-13(12)18(22)19(23)16(10)17/h2-8,18-19,21-23H,9H2,1H3. The molecule has 1 heterocycles. The number of benzene rings is 2. The molecular formula is C19H17NO3. The minimum Gasteiger partial charge on any atom is -0.392 e. The molecule has 2 atom stereocenters. The average molecular weight is 307 g/mol. The van der Waals surface area contributed by atoms with Crippen LogP contribution in [0.15, 0.2) is 42.5 Å². The molecule has 4 nitrogen and oxygen atoms in total. The summed E-state index contributed by atoms with van der Waals surface area (Å²) in [5.41, 5.74) is 5.45. The summed E-state index contributed by atoms with van der Waals surface area (Å²) in [6.45, 7) is 1.88. The van der Waals surface area contributed by atoms with Gasteiger partial charge in [-0.3, -0.25) is 0 Å². The summed E-state index contributed by atoms with van der Waals surface area (Å²) in [7, 11) is 0. The molecule has 116 valence electrons. The number of pyridine rings is 1. The van der Waals surface area contributed by atoms with Crippen molar-refractivity contribution in [3.63, 3.8) is 0 Å².